The molecule has 37 heavy (non-hydrogen) atoms. The summed E-state index contributed by atoms with van der Waals surface area (Å²) < 4.78 is 4.97. The van der Waals surface area contributed by atoms with E-state index in [2.05, 4.69) is 26.3 Å². The number of rotatable bonds is 14. The number of nitro benzene ring substituents is 1. The molecule has 0 aliphatic rings. The quantitative estimate of drug-likeness (QED) is 0.0937. The Hall–Kier alpha value is -4.13. The number of nitro groups is 1. The average molecular weight is 531 g/mol. The highest BCUT2D eigenvalue weighted by Crippen LogP contribution is 2.22. The fourth-order valence-electron chi connectivity index (χ4n) is 3.25. The van der Waals surface area contributed by atoms with Crippen molar-refractivity contribution in [2.24, 2.45) is 0 Å². The summed E-state index contributed by atoms with van der Waals surface area (Å²) in [6.45, 7) is 2.16. The van der Waals surface area contributed by atoms with E-state index in [1.807, 2.05) is 0 Å². The van der Waals surface area contributed by atoms with Gasteiger partial charge in [0.1, 0.15) is 5.69 Å². The molecule has 0 aliphatic carbocycles. The third-order valence-corrected chi connectivity index (χ3v) is 5.26. The number of hydrogen-bond donors (Lipinski definition) is 4. The molecule has 0 aliphatic heterocycles. The Morgan fingerprint density at radius 2 is 1.89 bits per heavy atom. The minimum absolute atomic E-state index is 0.0550. The maximum absolute atomic E-state index is 12.4. The molecule has 0 unspecified atom stereocenters. The summed E-state index contributed by atoms with van der Waals surface area (Å²) in [6.07, 6.45) is 4.44. The lowest BCUT2D eigenvalue weighted by atomic mass is 10.1. The molecule has 4 N–H and O–H groups in total. The van der Waals surface area contributed by atoms with Crippen LogP contribution in [0.4, 0.5) is 11.4 Å². The third kappa shape index (κ3) is 11.0. The Morgan fingerprint density at radius 3 is 2.59 bits per heavy atom. The Morgan fingerprint density at radius 1 is 1.11 bits per heavy atom. The van der Waals surface area contributed by atoms with E-state index in [0.29, 0.717) is 24.9 Å². The van der Waals surface area contributed by atoms with Crippen molar-refractivity contribution >= 4 is 46.5 Å². The van der Waals surface area contributed by atoms with Crippen LogP contribution in [0.2, 0.25) is 0 Å². The number of carbonyl (C=O) groups is 3. The monoisotopic (exact) mass is 530 g/mol. The van der Waals surface area contributed by atoms with Gasteiger partial charge < -0.3 is 26.0 Å². The number of hydrogen-bond acceptors (Lipinski definition) is 8. The van der Waals surface area contributed by atoms with Gasteiger partial charge in [-0.2, -0.15) is 0 Å². The molecule has 0 saturated heterocycles. The number of ether oxygens (including phenoxy) is 1. The summed E-state index contributed by atoms with van der Waals surface area (Å²) in [6, 6.07) is 8.98. The Balaban J connectivity index is 1.67. The van der Waals surface area contributed by atoms with Crippen LogP contribution in [0.3, 0.4) is 0 Å². The average Bonchev–Trinajstić information content (AvgIpc) is 2.87. The summed E-state index contributed by atoms with van der Waals surface area (Å²) in [5, 5.41) is 22.3. The number of anilines is 1. The summed E-state index contributed by atoms with van der Waals surface area (Å²) in [7, 11) is 0. The van der Waals surface area contributed by atoms with Gasteiger partial charge in [-0.05, 0) is 49.7 Å². The zero-order valence-corrected chi connectivity index (χ0v) is 21.2. The molecule has 1 aromatic heterocycles. The molecule has 1 atom stereocenters. The van der Waals surface area contributed by atoms with Crippen molar-refractivity contribution in [1.82, 2.24) is 20.9 Å². The van der Waals surface area contributed by atoms with Crippen molar-refractivity contribution in [2.45, 2.75) is 38.6 Å². The first-order chi connectivity index (χ1) is 17.8. The second-order valence-corrected chi connectivity index (χ2v) is 8.21. The molecular weight excluding hydrogens is 500 g/mol. The first-order valence-corrected chi connectivity index (χ1v) is 12.1. The molecular formula is C24H30N6O6S. The van der Waals surface area contributed by atoms with Crippen molar-refractivity contribution in [1.29, 1.82) is 0 Å². The topological polar surface area (TPSA) is 165 Å². The van der Waals surface area contributed by atoms with Gasteiger partial charge in [0.15, 0.2) is 5.11 Å². The number of benzene rings is 1. The third-order valence-electron chi connectivity index (χ3n) is 5.01. The Bertz CT molecular complexity index is 1080. The SMILES string of the molecule is CCOC(=O)C[C@H](NC(=O)CNC(=O)CCCCNC(=S)Nc1ccccc1[N+](=O)[O-])c1cccnc1. The van der Waals surface area contributed by atoms with E-state index >= 15 is 0 Å². The van der Waals surface area contributed by atoms with Gasteiger partial charge in [-0.1, -0.05) is 18.2 Å². The molecule has 198 valence electrons. The number of esters is 1. The summed E-state index contributed by atoms with van der Waals surface area (Å²) >= 11 is 5.16. The van der Waals surface area contributed by atoms with E-state index in [1.165, 1.54) is 6.07 Å². The molecule has 2 rings (SSSR count). The first-order valence-electron chi connectivity index (χ1n) is 11.7. The van der Waals surface area contributed by atoms with Crippen molar-refractivity contribution in [3.8, 4) is 0 Å². The molecule has 0 fully saturated rings. The number of nitrogens with zero attached hydrogens (tertiary/aromatic N) is 2. The van der Waals surface area contributed by atoms with E-state index in [9.17, 15) is 24.5 Å². The lowest BCUT2D eigenvalue weighted by Crippen LogP contribution is -2.39. The molecule has 0 bridgehead atoms. The number of pyridine rings is 1. The fraction of sp³-hybridized carbons (Fsp3) is 0.375. The molecule has 2 amide bonds. The fourth-order valence-corrected chi connectivity index (χ4v) is 3.46. The molecule has 0 saturated carbocycles. The van der Waals surface area contributed by atoms with E-state index in [0.717, 1.165) is 0 Å². The van der Waals surface area contributed by atoms with Crippen molar-refractivity contribution < 1.29 is 24.0 Å². The summed E-state index contributed by atoms with van der Waals surface area (Å²) in [4.78, 5) is 51.0. The highest BCUT2D eigenvalue weighted by molar-refractivity contribution is 7.80. The number of amides is 2. The van der Waals surface area contributed by atoms with Crippen LogP contribution < -0.4 is 21.3 Å². The van der Waals surface area contributed by atoms with Gasteiger partial charge in [0.05, 0.1) is 30.5 Å². The summed E-state index contributed by atoms with van der Waals surface area (Å²) in [5.74, 6) is -1.19. The van der Waals surface area contributed by atoms with Crippen LogP contribution in [-0.4, -0.2) is 52.5 Å². The zero-order chi connectivity index (χ0) is 27.0. The first kappa shape index (κ1) is 29.1. The number of unbranched alkanes of at least 4 members (excludes halogenated alkanes) is 1. The van der Waals surface area contributed by atoms with Gasteiger partial charge in [-0.25, -0.2) is 0 Å². The molecule has 13 heteroatoms. The largest absolute Gasteiger partial charge is 0.466 e. The van der Waals surface area contributed by atoms with Crippen LogP contribution in [0.5, 0.6) is 0 Å². The normalized spacial score (nSPS) is 11.1. The number of para-hydroxylation sites is 2. The maximum Gasteiger partial charge on any atom is 0.308 e. The highest BCUT2D eigenvalue weighted by atomic mass is 32.1. The molecule has 12 nitrogen and oxygen atoms in total. The van der Waals surface area contributed by atoms with Gasteiger partial charge in [-0.15, -0.1) is 0 Å². The lowest BCUT2D eigenvalue weighted by Gasteiger charge is -2.18. The van der Waals surface area contributed by atoms with E-state index in [1.54, 1.807) is 49.6 Å². The number of thiocarbonyl (C=S) groups is 1. The highest BCUT2D eigenvalue weighted by Gasteiger charge is 2.20. The predicted octanol–water partition coefficient (Wildman–Crippen LogP) is 2.37. The molecule has 2 aromatic rings. The van der Waals surface area contributed by atoms with Gasteiger partial charge in [0.2, 0.25) is 11.8 Å². The van der Waals surface area contributed by atoms with Crippen LogP contribution in [0.15, 0.2) is 48.8 Å². The van der Waals surface area contributed by atoms with Crippen LogP contribution in [0.1, 0.15) is 44.2 Å². The van der Waals surface area contributed by atoms with E-state index in [4.69, 9.17) is 17.0 Å². The number of nitrogens with one attached hydrogen (secondary N) is 4. The number of carbonyl (C=O) groups excluding carboxylic acids is 3. The molecule has 0 spiro atoms. The van der Waals surface area contributed by atoms with Crippen molar-refractivity contribution in [3.05, 3.63) is 64.5 Å². The van der Waals surface area contributed by atoms with Crippen LogP contribution in [0.25, 0.3) is 0 Å². The minimum atomic E-state index is -0.627. The second-order valence-electron chi connectivity index (χ2n) is 7.80. The van der Waals surface area contributed by atoms with Crippen molar-refractivity contribution in [3.63, 3.8) is 0 Å². The lowest BCUT2D eigenvalue weighted by molar-refractivity contribution is -0.383. The smallest absolute Gasteiger partial charge is 0.308 e. The molecule has 0 radical (unpaired) electrons. The van der Waals surface area contributed by atoms with E-state index < -0.39 is 22.8 Å². The van der Waals surface area contributed by atoms with Crippen LogP contribution in [0, 0.1) is 10.1 Å². The van der Waals surface area contributed by atoms with Gasteiger partial charge in [-0.3, -0.25) is 29.5 Å². The summed E-state index contributed by atoms with van der Waals surface area (Å²) in [5.41, 5.74) is 0.854. The standard InChI is InChI=1S/C24H30N6O6S/c1-2-36-23(33)14-19(17-8-7-12-25-15-17)28-22(32)16-27-21(31)11-5-6-13-26-24(37)29-18-9-3-4-10-20(18)30(34)35/h3-4,7-10,12,15,19H,2,5-6,11,13-14,16H2,1H3,(H,27,31)(H,28,32)(H2,26,29,37)/t19-/m0/s1. The predicted molar refractivity (Wildman–Crippen MR) is 141 cm³/mol. The number of aromatic nitrogens is 1. The second kappa shape index (κ2) is 15.8. The van der Waals surface area contributed by atoms with Gasteiger partial charge in [0.25, 0.3) is 5.69 Å². The van der Waals surface area contributed by atoms with Crippen LogP contribution >= 0.6 is 12.2 Å². The van der Waals surface area contributed by atoms with Gasteiger partial charge >= 0.3 is 5.97 Å². The Labute approximate surface area is 219 Å². The minimum Gasteiger partial charge on any atom is -0.466 e. The molecule has 1 heterocycles. The molecule has 1 aromatic carbocycles. The Kier molecular flexibility index (Phi) is 12.4. The maximum atomic E-state index is 12.4. The van der Waals surface area contributed by atoms with Crippen LogP contribution in [-0.2, 0) is 19.1 Å². The van der Waals surface area contributed by atoms with Crippen molar-refractivity contribution in [2.75, 3.05) is 25.0 Å². The van der Waals surface area contributed by atoms with E-state index in [-0.39, 0.29) is 48.4 Å². The zero-order valence-electron chi connectivity index (χ0n) is 20.4. The van der Waals surface area contributed by atoms with Gasteiger partial charge in [0, 0.05) is 31.4 Å².